The molecule has 0 unspecified atom stereocenters. The predicted molar refractivity (Wildman–Crippen MR) is 93.1 cm³/mol. The Morgan fingerprint density at radius 1 is 1.00 bits per heavy atom. The number of carboxylic acid groups (broad SMARTS) is 1. The van der Waals surface area contributed by atoms with Crippen LogP contribution in [0, 0.1) is 0 Å². The van der Waals surface area contributed by atoms with Crippen LogP contribution in [0.4, 0.5) is 5.69 Å². The zero-order valence-electron chi connectivity index (χ0n) is 12.8. The van der Waals surface area contributed by atoms with Crippen molar-refractivity contribution in [1.29, 1.82) is 0 Å². The second-order valence-electron chi connectivity index (χ2n) is 5.81. The average Bonchev–Trinajstić information content (AvgIpc) is 2.73. The Hall–Kier alpha value is -1.76. The number of rotatable bonds is 7. The summed E-state index contributed by atoms with van der Waals surface area (Å²) in [5, 5.41) is 10.6. The molecule has 0 spiro atoms. The summed E-state index contributed by atoms with van der Waals surface area (Å²) in [5.74, 6) is -0.763. The van der Waals surface area contributed by atoms with Crippen LogP contribution in [0.25, 0.3) is 10.8 Å². The Balaban J connectivity index is 1.69. The second kappa shape index (κ2) is 6.39. The molecule has 23 heavy (non-hydrogen) atoms. The van der Waals surface area contributed by atoms with Crippen molar-refractivity contribution in [3.63, 3.8) is 0 Å². The third kappa shape index (κ3) is 3.02. The van der Waals surface area contributed by atoms with Gasteiger partial charge in [-0.05, 0) is 30.4 Å². The Morgan fingerprint density at radius 2 is 1.70 bits per heavy atom. The summed E-state index contributed by atoms with van der Waals surface area (Å²) in [6, 6.07) is 11.5. The molecule has 6 heteroatoms. The van der Waals surface area contributed by atoms with Crippen LogP contribution < -0.4 is 4.31 Å². The van der Waals surface area contributed by atoms with Gasteiger partial charge in [-0.1, -0.05) is 47.9 Å². The molecule has 124 valence electrons. The summed E-state index contributed by atoms with van der Waals surface area (Å²) in [6.07, 6.45) is 3.40. The molecule has 3 rings (SSSR count). The summed E-state index contributed by atoms with van der Waals surface area (Å²) in [5.41, 5.74) is 0.878. The second-order valence-corrected chi connectivity index (χ2v) is 7.73. The van der Waals surface area contributed by atoms with Crippen LogP contribution in [0.3, 0.4) is 0 Å². The molecule has 5 nitrogen and oxygen atoms in total. The lowest BCUT2D eigenvalue weighted by Gasteiger charge is -2.39. The van der Waals surface area contributed by atoms with Crippen LogP contribution in [0.5, 0.6) is 0 Å². The van der Waals surface area contributed by atoms with Crippen molar-refractivity contribution >= 4 is 33.2 Å². The highest BCUT2D eigenvalue weighted by Crippen LogP contribution is 2.63. The smallest absolute Gasteiger partial charge is 0.303 e. The molecule has 0 radical (unpaired) electrons. The highest BCUT2D eigenvalue weighted by atomic mass is 32.3. The van der Waals surface area contributed by atoms with E-state index in [2.05, 4.69) is 0 Å². The SMILES string of the molecule is O=C(O)CCCCCCN1c2cccc3cccc(c23)S1(O)O. The number of unbranched alkanes of at least 4 members (excludes halogenated alkanes) is 3. The standard InChI is InChI=1S/C17H21NO4S/c19-16(20)11-3-1-2-4-12-18-14-9-5-7-13-8-6-10-15(17(13)14)23(18,21)22/h5-10,21-22H,1-4,11-12H2,(H,19,20). The fourth-order valence-corrected chi connectivity index (χ4v) is 4.92. The third-order valence-corrected chi connectivity index (χ3v) is 6.14. The van der Waals surface area contributed by atoms with Gasteiger partial charge in [0.2, 0.25) is 0 Å². The number of nitrogens with zero attached hydrogens (tertiary/aromatic N) is 1. The minimum Gasteiger partial charge on any atom is -0.481 e. The molecule has 0 saturated carbocycles. The van der Waals surface area contributed by atoms with Crippen LogP contribution >= 0.6 is 10.8 Å². The first-order valence-corrected chi connectivity index (χ1v) is 9.31. The molecular weight excluding hydrogens is 314 g/mol. The number of hydrogen-bond acceptors (Lipinski definition) is 4. The van der Waals surface area contributed by atoms with Crippen molar-refractivity contribution < 1.29 is 19.0 Å². The molecule has 1 aliphatic rings. The molecule has 2 aromatic rings. The Morgan fingerprint density at radius 3 is 2.43 bits per heavy atom. The number of benzene rings is 2. The third-order valence-electron chi connectivity index (χ3n) is 4.22. The van der Waals surface area contributed by atoms with Gasteiger partial charge >= 0.3 is 5.97 Å². The number of carboxylic acids is 1. The lowest BCUT2D eigenvalue weighted by Crippen LogP contribution is -2.25. The quantitative estimate of drug-likeness (QED) is 0.638. The predicted octanol–water partition coefficient (Wildman–Crippen LogP) is 4.72. The van der Waals surface area contributed by atoms with Gasteiger partial charge in [0.25, 0.3) is 0 Å². The van der Waals surface area contributed by atoms with Crippen LogP contribution in [-0.4, -0.2) is 26.7 Å². The molecule has 1 aliphatic heterocycles. The van der Waals surface area contributed by atoms with Gasteiger partial charge < -0.3 is 5.11 Å². The van der Waals surface area contributed by atoms with Crippen molar-refractivity contribution in [2.24, 2.45) is 0 Å². The fourth-order valence-electron chi connectivity index (χ4n) is 3.11. The average molecular weight is 335 g/mol. The largest absolute Gasteiger partial charge is 0.481 e. The summed E-state index contributed by atoms with van der Waals surface area (Å²) >= 11 is 0. The zero-order valence-corrected chi connectivity index (χ0v) is 13.6. The van der Waals surface area contributed by atoms with E-state index in [-0.39, 0.29) is 6.42 Å². The van der Waals surface area contributed by atoms with Gasteiger partial charge in [0.1, 0.15) is 0 Å². The molecule has 0 bridgehead atoms. The Labute approximate surface area is 137 Å². The van der Waals surface area contributed by atoms with Gasteiger partial charge in [-0.25, -0.2) is 0 Å². The van der Waals surface area contributed by atoms with Crippen molar-refractivity contribution in [3.8, 4) is 0 Å². The fraction of sp³-hybridized carbons (Fsp3) is 0.353. The van der Waals surface area contributed by atoms with Crippen molar-refractivity contribution in [1.82, 2.24) is 0 Å². The van der Waals surface area contributed by atoms with Crippen molar-refractivity contribution in [2.75, 3.05) is 10.8 Å². The van der Waals surface area contributed by atoms with E-state index in [1.165, 1.54) is 0 Å². The van der Waals surface area contributed by atoms with E-state index in [1.54, 1.807) is 10.4 Å². The van der Waals surface area contributed by atoms with Crippen molar-refractivity contribution in [2.45, 2.75) is 37.0 Å². The normalized spacial score (nSPS) is 16.7. The van der Waals surface area contributed by atoms with Gasteiger partial charge in [0.15, 0.2) is 0 Å². The van der Waals surface area contributed by atoms with Gasteiger partial charge in [0.05, 0.1) is 10.6 Å². The molecule has 0 atom stereocenters. The summed E-state index contributed by atoms with van der Waals surface area (Å²) in [7, 11) is -2.97. The molecule has 3 N–H and O–H groups in total. The van der Waals surface area contributed by atoms with Crippen LogP contribution in [0.1, 0.15) is 32.1 Å². The Kier molecular flexibility index (Phi) is 4.48. The van der Waals surface area contributed by atoms with E-state index in [4.69, 9.17) is 5.11 Å². The van der Waals surface area contributed by atoms with E-state index in [1.807, 2.05) is 30.3 Å². The number of hydrogen-bond donors (Lipinski definition) is 3. The van der Waals surface area contributed by atoms with Gasteiger partial charge in [-0.2, -0.15) is 0 Å². The lowest BCUT2D eigenvalue weighted by molar-refractivity contribution is -0.137. The minimum atomic E-state index is -2.97. The van der Waals surface area contributed by atoms with Gasteiger partial charge in [-0.15, -0.1) is 0 Å². The maximum Gasteiger partial charge on any atom is 0.303 e. The van der Waals surface area contributed by atoms with Gasteiger partial charge in [0, 0.05) is 18.4 Å². The molecule has 0 aliphatic carbocycles. The van der Waals surface area contributed by atoms with E-state index in [0.717, 1.165) is 35.7 Å². The number of aliphatic carboxylic acids is 1. The lowest BCUT2D eigenvalue weighted by atomic mass is 10.1. The minimum absolute atomic E-state index is 0.198. The molecular formula is C17H21NO4S. The van der Waals surface area contributed by atoms with Crippen LogP contribution in [0.15, 0.2) is 41.3 Å². The Bertz CT molecular complexity index is 726. The first-order valence-electron chi connectivity index (χ1n) is 7.81. The summed E-state index contributed by atoms with van der Waals surface area (Å²) in [6.45, 7) is 0.559. The van der Waals surface area contributed by atoms with Gasteiger partial charge in [-0.3, -0.25) is 18.2 Å². The summed E-state index contributed by atoms with van der Waals surface area (Å²) in [4.78, 5) is 11.1. The molecule has 0 fully saturated rings. The monoisotopic (exact) mass is 335 g/mol. The van der Waals surface area contributed by atoms with Crippen LogP contribution in [-0.2, 0) is 4.79 Å². The van der Waals surface area contributed by atoms with E-state index < -0.39 is 16.7 Å². The topological polar surface area (TPSA) is 81.0 Å². The highest BCUT2D eigenvalue weighted by Gasteiger charge is 2.35. The molecule has 0 aromatic heterocycles. The summed E-state index contributed by atoms with van der Waals surface area (Å²) < 4.78 is 23.0. The molecule has 1 heterocycles. The molecule has 2 aromatic carbocycles. The first kappa shape index (κ1) is 16.1. The maximum atomic E-state index is 10.7. The van der Waals surface area contributed by atoms with E-state index >= 15 is 0 Å². The van der Waals surface area contributed by atoms with Crippen molar-refractivity contribution in [3.05, 3.63) is 36.4 Å². The first-order chi connectivity index (χ1) is 11.0. The van der Waals surface area contributed by atoms with E-state index in [9.17, 15) is 13.9 Å². The maximum absolute atomic E-state index is 10.7. The number of anilines is 1. The zero-order chi connectivity index (χ0) is 16.4. The van der Waals surface area contributed by atoms with Crippen LogP contribution in [0.2, 0.25) is 0 Å². The number of carbonyl (C=O) groups is 1. The van der Waals surface area contributed by atoms with E-state index in [0.29, 0.717) is 17.9 Å². The molecule has 0 saturated heterocycles. The molecule has 0 amide bonds. The highest BCUT2D eigenvalue weighted by molar-refractivity contribution is 8.26.